The van der Waals surface area contributed by atoms with Gasteiger partial charge >= 0.3 is 12.4 Å². The van der Waals surface area contributed by atoms with E-state index in [0.29, 0.717) is 56.1 Å². The number of rotatable bonds is 11. The second-order valence-electron chi connectivity index (χ2n) is 16.1. The average Bonchev–Trinajstić information content (AvgIpc) is 3.34. The summed E-state index contributed by atoms with van der Waals surface area (Å²) in [5, 5.41) is 17.2. The van der Waals surface area contributed by atoms with Crippen molar-refractivity contribution in [2.24, 2.45) is 5.92 Å². The molecule has 318 valence electrons. The maximum atomic E-state index is 14.3. The number of piperazine rings is 1. The van der Waals surface area contributed by atoms with E-state index in [4.69, 9.17) is 12.2 Å². The highest BCUT2D eigenvalue weighted by Gasteiger charge is 2.53. The van der Waals surface area contributed by atoms with Crippen molar-refractivity contribution in [1.82, 2.24) is 20.0 Å². The molecule has 59 heavy (non-hydrogen) atoms. The number of anilines is 3. The fourth-order valence-corrected chi connectivity index (χ4v) is 9.20. The third kappa shape index (κ3) is 9.98. The molecule has 3 aliphatic heterocycles. The number of hydrogen-bond donors (Lipinski definition) is 3. The molecule has 3 heterocycles. The summed E-state index contributed by atoms with van der Waals surface area (Å²) in [5.41, 5.74) is -2.04. The van der Waals surface area contributed by atoms with Gasteiger partial charge < -0.3 is 20.4 Å². The maximum Gasteiger partial charge on any atom is 0.417 e. The molecule has 1 saturated carbocycles. The molecule has 4 aliphatic rings. The smallest absolute Gasteiger partial charge is 0.374 e. The van der Waals surface area contributed by atoms with Crippen molar-refractivity contribution >= 4 is 58.0 Å². The Labute approximate surface area is 343 Å². The molecule has 2 atom stereocenters. The Kier molecular flexibility index (Phi) is 12.9. The highest BCUT2D eigenvalue weighted by atomic mass is 32.1. The first-order valence-corrected chi connectivity index (χ1v) is 20.0. The Morgan fingerprint density at radius 1 is 0.983 bits per heavy atom. The molecule has 6 rings (SSSR count). The Bertz CT molecular complexity index is 2000. The fraction of sp³-hybridized carbons (Fsp3) is 0.550. The summed E-state index contributed by atoms with van der Waals surface area (Å²) in [6, 6.07) is 8.50. The lowest BCUT2D eigenvalue weighted by Gasteiger charge is -2.42. The summed E-state index contributed by atoms with van der Waals surface area (Å²) < 4.78 is 84.1. The SMILES string of the molecule is CC1(C)C(=O)N(c2ccc(C#N)c(C(F)(F)F)c2)C(=S)N1[C@H]1CC[C@H](CCCN2CCN(CC(=O)Nc3cccc(NC4CCC(=O)NC4=O)c3)[C@@H](C(F)(F)F)C2)CC1. The summed E-state index contributed by atoms with van der Waals surface area (Å²) in [6.07, 6.45) is -4.51. The number of nitrogens with zero attached hydrogens (tertiary/aromatic N) is 5. The third-order valence-electron chi connectivity index (χ3n) is 11.7. The van der Waals surface area contributed by atoms with E-state index in [2.05, 4.69) is 16.0 Å². The lowest BCUT2D eigenvalue weighted by Crippen LogP contribution is -2.60. The number of hydrogen-bond acceptors (Lipinski definition) is 9. The van der Waals surface area contributed by atoms with Crippen LogP contribution in [0.25, 0.3) is 0 Å². The molecule has 0 spiro atoms. The van der Waals surface area contributed by atoms with Crippen LogP contribution in [0.5, 0.6) is 0 Å². The first-order valence-electron chi connectivity index (χ1n) is 19.6. The van der Waals surface area contributed by atoms with E-state index < -0.39 is 65.4 Å². The van der Waals surface area contributed by atoms with Crippen LogP contribution in [-0.4, -0.2) is 106 Å². The molecular weight excluding hydrogens is 803 g/mol. The van der Waals surface area contributed by atoms with Crippen molar-refractivity contribution in [2.45, 2.75) is 101 Å². The van der Waals surface area contributed by atoms with Gasteiger partial charge in [-0.1, -0.05) is 6.07 Å². The molecular formula is C40H46F6N8O4S. The van der Waals surface area contributed by atoms with Gasteiger partial charge in [0.1, 0.15) is 17.6 Å². The number of benzene rings is 2. The van der Waals surface area contributed by atoms with Crippen molar-refractivity contribution in [3.8, 4) is 6.07 Å². The molecule has 12 nitrogen and oxygen atoms in total. The molecule has 0 aromatic heterocycles. The van der Waals surface area contributed by atoms with Crippen LogP contribution < -0.4 is 20.9 Å². The van der Waals surface area contributed by atoms with Gasteiger partial charge in [0.2, 0.25) is 17.7 Å². The number of carbonyl (C=O) groups excluding carboxylic acids is 4. The van der Waals surface area contributed by atoms with Crippen LogP contribution in [0.15, 0.2) is 42.5 Å². The molecule has 4 amide bonds. The zero-order valence-corrected chi connectivity index (χ0v) is 33.4. The molecule has 0 bridgehead atoms. The van der Waals surface area contributed by atoms with E-state index in [1.54, 1.807) is 49.1 Å². The zero-order valence-electron chi connectivity index (χ0n) is 32.6. The van der Waals surface area contributed by atoms with Crippen LogP contribution in [0, 0.1) is 17.2 Å². The number of nitrogens with one attached hydrogen (secondary N) is 3. The fourth-order valence-electron chi connectivity index (χ4n) is 8.63. The summed E-state index contributed by atoms with van der Waals surface area (Å²) in [4.78, 5) is 56.0. The monoisotopic (exact) mass is 848 g/mol. The zero-order chi connectivity index (χ0) is 42.9. The summed E-state index contributed by atoms with van der Waals surface area (Å²) in [5.74, 6) is -1.59. The molecule has 3 N–H and O–H groups in total. The number of nitriles is 1. The minimum Gasteiger partial charge on any atom is -0.374 e. The largest absolute Gasteiger partial charge is 0.417 e. The minimum absolute atomic E-state index is 0.0427. The summed E-state index contributed by atoms with van der Waals surface area (Å²) in [6.45, 7) is 3.49. The summed E-state index contributed by atoms with van der Waals surface area (Å²) in [7, 11) is 0. The van der Waals surface area contributed by atoms with Crippen LogP contribution in [-0.2, 0) is 25.4 Å². The molecule has 4 fully saturated rings. The van der Waals surface area contributed by atoms with E-state index in [-0.39, 0.29) is 42.3 Å². The number of alkyl halides is 6. The standard InChI is InChI=1S/C40H46F6N8O4S/c1-38(2)36(58)53(29-13-10-25(21-47)30(20-29)39(41,42)43)37(59)54(38)28-11-8-24(9-12-28)5-4-16-51-17-18-52(32(22-51)40(44,45)46)23-34(56)49-27-7-3-6-26(19-27)48-31-14-15-33(55)50-35(31)57/h3,6-7,10,13,19-20,24,28,31-32,48H,4-5,8-9,11-12,14-18,22-23H2,1-2H3,(H,49,56)(H,50,55,57)/t24-,28-,31?,32-/m1/s1. The first kappa shape index (κ1) is 43.8. The number of halogens is 6. The van der Waals surface area contributed by atoms with Crippen molar-refractivity contribution in [1.29, 1.82) is 5.26 Å². The van der Waals surface area contributed by atoms with Gasteiger partial charge in [-0.15, -0.1) is 0 Å². The van der Waals surface area contributed by atoms with E-state index in [1.807, 2.05) is 4.90 Å². The maximum absolute atomic E-state index is 14.3. The molecule has 19 heteroatoms. The van der Waals surface area contributed by atoms with E-state index in [9.17, 15) is 50.8 Å². The normalized spacial score (nSPS) is 24.5. The third-order valence-corrected chi connectivity index (χ3v) is 12.1. The van der Waals surface area contributed by atoms with Gasteiger partial charge in [-0.3, -0.25) is 34.3 Å². The molecule has 1 aliphatic carbocycles. The molecule has 3 saturated heterocycles. The van der Waals surface area contributed by atoms with E-state index in [1.165, 1.54) is 6.07 Å². The Morgan fingerprint density at radius 3 is 2.36 bits per heavy atom. The van der Waals surface area contributed by atoms with Crippen molar-refractivity contribution in [3.05, 3.63) is 53.6 Å². The number of piperidine rings is 1. The van der Waals surface area contributed by atoms with E-state index >= 15 is 0 Å². The number of amides is 4. The highest BCUT2D eigenvalue weighted by Crippen LogP contribution is 2.42. The van der Waals surface area contributed by atoms with Crippen LogP contribution >= 0.6 is 12.2 Å². The van der Waals surface area contributed by atoms with Crippen LogP contribution in [0.2, 0.25) is 0 Å². The average molecular weight is 849 g/mol. The first-order chi connectivity index (χ1) is 27.8. The van der Waals surface area contributed by atoms with Crippen LogP contribution in [0.4, 0.5) is 43.4 Å². The number of carbonyl (C=O) groups is 4. The molecule has 1 unspecified atom stereocenters. The molecule has 0 radical (unpaired) electrons. The van der Waals surface area contributed by atoms with E-state index in [0.717, 1.165) is 41.2 Å². The second-order valence-corrected chi connectivity index (χ2v) is 16.5. The van der Waals surface area contributed by atoms with Crippen molar-refractivity contribution < 1.29 is 45.5 Å². The lowest BCUT2D eigenvalue weighted by molar-refractivity contribution is -0.197. The molecule has 2 aromatic rings. The van der Waals surface area contributed by atoms with Crippen LogP contribution in [0.1, 0.15) is 76.3 Å². The van der Waals surface area contributed by atoms with Gasteiger partial charge in [0.25, 0.3) is 5.91 Å². The van der Waals surface area contributed by atoms with Gasteiger partial charge in [-0.25, -0.2) is 0 Å². The predicted molar refractivity (Wildman–Crippen MR) is 210 cm³/mol. The Morgan fingerprint density at radius 2 is 1.69 bits per heavy atom. The molecule has 2 aromatic carbocycles. The quantitative estimate of drug-likeness (QED) is 0.140. The van der Waals surface area contributed by atoms with Gasteiger partial charge in [-0.2, -0.15) is 31.6 Å². The minimum atomic E-state index is -4.80. The van der Waals surface area contributed by atoms with Gasteiger partial charge in [0, 0.05) is 43.5 Å². The highest BCUT2D eigenvalue weighted by molar-refractivity contribution is 7.80. The Hall–Kier alpha value is -4.80. The van der Waals surface area contributed by atoms with Gasteiger partial charge in [-0.05, 0) is 120 Å². The van der Waals surface area contributed by atoms with Gasteiger partial charge in [0.05, 0.1) is 29.4 Å². The predicted octanol–water partition coefficient (Wildman–Crippen LogP) is 6.03. The topological polar surface area (TPSA) is 141 Å². The Balaban J connectivity index is 0.971. The number of imide groups is 1. The van der Waals surface area contributed by atoms with Crippen molar-refractivity contribution in [2.75, 3.05) is 48.3 Å². The lowest BCUT2D eigenvalue weighted by atomic mass is 9.82. The van der Waals surface area contributed by atoms with Gasteiger partial charge in [0.15, 0.2) is 5.11 Å². The summed E-state index contributed by atoms with van der Waals surface area (Å²) >= 11 is 5.70. The van der Waals surface area contributed by atoms with Crippen LogP contribution in [0.3, 0.4) is 0 Å². The second kappa shape index (κ2) is 17.4. The number of thiocarbonyl (C=S) groups is 1. The van der Waals surface area contributed by atoms with Crippen molar-refractivity contribution in [3.63, 3.8) is 0 Å².